The lowest BCUT2D eigenvalue weighted by Crippen LogP contribution is -2.32. The molecule has 8 heteroatoms. The number of thiazole rings is 1. The van der Waals surface area contributed by atoms with E-state index >= 15 is 0 Å². The van der Waals surface area contributed by atoms with Gasteiger partial charge in [-0.05, 0) is 51.3 Å². The molecule has 1 heterocycles. The van der Waals surface area contributed by atoms with Crippen molar-refractivity contribution >= 4 is 23.2 Å². The monoisotopic (exact) mass is 434 g/mol. The van der Waals surface area contributed by atoms with Crippen LogP contribution in [0.1, 0.15) is 53.9 Å². The number of aromatic nitrogens is 1. The van der Waals surface area contributed by atoms with Crippen molar-refractivity contribution in [1.82, 2.24) is 10.3 Å². The largest absolute Gasteiger partial charge is 0.460 e. The van der Waals surface area contributed by atoms with Gasteiger partial charge in [-0.25, -0.2) is 9.37 Å². The number of nitrogens with zero attached hydrogens (tertiary/aromatic N) is 1. The Kier molecular flexibility index (Phi) is 6.88. The van der Waals surface area contributed by atoms with Crippen LogP contribution in [0.3, 0.4) is 0 Å². The van der Waals surface area contributed by atoms with E-state index in [0.29, 0.717) is 24.1 Å². The highest BCUT2D eigenvalue weighted by atomic mass is 32.1. The maximum Gasteiger partial charge on any atom is 0.309 e. The number of halogens is 1. The summed E-state index contributed by atoms with van der Waals surface area (Å²) in [4.78, 5) is 29.4. The minimum atomic E-state index is -0.654. The van der Waals surface area contributed by atoms with Crippen molar-refractivity contribution in [3.63, 3.8) is 0 Å². The van der Waals surface area contributed by atoms with Crippen molar-refractivity contribution in [1.29, 1.82) is 0 Å². The van der Waals surface area contributed by atoms with E-state index in [1.54, 1.807) is 12.1 Å². The first-order valence-corrected chi connectivity index (χ1v) is 10.8. The predicted molar refractivity (Wildman–Crippen MR) is 112 cm³/mol. The van der Waals surface area contributed by atoms with Gasteiger partial charge in [0.05, 0.1) is 23.2 Å². The van der Waals surface area contributed by atoms with Gasteiger partial charge in [0.15, 0.2) is 0 Å². The molecule has 1 amide bonds. The van der Waals surface area contributed by atoms with Crippen LogP contribution in [0.15, 0.2) is 30.5 Å². The molecule has 3 rings (SSSR count). The van der Waals surface area contributed by atoms with Gasteiger partial charge in [0.25, 0.3) is 5.91 Å². The van der Waals surface area contributed by atoms with Crippen molar-refractivity contribution in [3.8, 4) is 0 Å². The average molecular weight is 435 g/mol. The second-order valence-electron chi connectivity index (χ2n) is 8.66. The van der Waals surface area contributed by atoms with Crippen molar-refractivity contribution in [2.75, 3.05) is 6.54 Å². The summed E-state index contributed by atoms with van der Waals surface area (Å²) in [6.45, 7) is 5.72. The molecule has 1 aromatic carbocycles. The molecule has 0 saturated heterocycles. The fourth-order valence-electron chi connectivity index (χ4n) is 3.48. The third-order valence-electron chi connectivity index (χ3n) is 4.97. The number of carbonyl (C=O) groups excluding carboxylic acids is 2. The standard InChI is InChI=1S/C22H27FN2O4S/c1-22(2,3)29-21(28)14-9-15(17(26)10-14)11-25-20(27)18-12-24-19(30-18)8-13-4-6-16(23)7-5-13/h4-7,12,14-15,17,26H,8-11H2,1-3H3,(H,25,27). The van der Waals surface area contributed by atoms with Crippen LogP contribution < -0.4 is 5.32 Å². The smallest absolute Gasteiger partial charge is 0.309 e. The molecule has 30 heavy (non-hydrogen) atoms. The van der Waals surface area contributed by atoms with E-state index in [-0.39, 0.29) is 36.1 Å². The average Bonchev–Trinajstić information content (AvgIpc) is 3.27. The van der Waals surface area contributed by atoms with Crippen LogP contribution >= 0.6 is 11.3 Å². The molecule has 1 aliphatic carbocycles. The fraction of sp³-hybridized carbons (Fsp3) is 0.500. The highest BCUT2D eigenvalue weighted by molar-refractivity contribution is 7.13. The Hall–Kier alpha value is -2.32. The Labute approximate surface area is 179 Å². The molecule has 162 valence electrons. The lowest BCUT2D eigenvalue weighted by Gasteiger charge is -2.22. The van der Waals surface area contributed by atoms with Crippen molar-refractivity contribution < 1.29 is 23.8 Å². The first-order valence-electron chi connectivity index (χ1n) is 9.99. The summed E-state index contributed by atoms with van der Waals surface area (Å²) < 4.78 is 18.4. The zero-order valence-electron chi connectivity index (χ0n) is 17.4. The Morgan fingerprint density at radius 3 is 2.63 bits per heavy atom. The number of benzene rings is 1. The molecule has 3 unspecified atom stereocenters. The Bertz CT molecular complexity index is 891. The summed E-state index contributed by atoms with van der Waals surface area (Å²) in [5.74, 6) is -1.40. The molecule has 1 aromatic heterocycles. The third-order valence-corrected chi connectivity index (χ3v) is 5.96. The molecule has 0 bridgehead atoms. The van der Waals surface area contributed by atoms with Crippen molar-refractivity contribution in [3.05, 3.63) is 51.7 Å². The van der Waals surface area contributed by atoms with E-state index in [1.807, 2.05) is 20.8 Å². The highest BCUT2D eigenvalue weighted by Gasteiger charge is 2.39. The zero-order chi connectivity index (χ0) is 21.9. The summed E-state index contributed by atoms with van der Waals surface area (Å²) in [5, 5.41) is 13.9. The molecule has 1 fully saturated rings. The van der Waals surface area contributed by atoms with Gasteiger partial charge < -0.3 is 15.2 Å². The lowest BCUT2D eigenvalue weighted by atomic mass is 10.0. The number of aliphatic hydroxyl groups is 1. The molecule has 3 atom stereocenters. The Morgan fingerprint density at radius 2 is 1.97 bits per heavy atom. The third kappa shape index (κ3) is 6.09. The lowest BCUT2D eigenvalue weighted by molar-refractivity contribution is -0.160. The van der Waals surface area contributed by atoms with Crippen LogP contribution in [0, 0.1) is 17.7 Å². The number of hydrogen-bond donors (Lipinski definition) is 2. The Morgan fingerprint density at radius 1 is 1.27 bits per heavy atom. The molecule has 1 aliphatic rings. The number of hydrogen-bond acceptors (Lipinski definition) is 6. The van der Waals surface area contributed by atoms with Crippen LogP contribution in [0.5, 0.6) is 0 Å². The molecule has 0 radical (unpaired) electrons. The topological polar surface area (TPSA) is 88.5 Å². The Balaban J connectivity index is 1.50. The van der Waals surface area contributed by atoms with Crippen molar-refractivity contribution in [2.45, 2.75) is 51.7 Å². The zero-order valence-corrected chi connectivity index (χ0v) is 18.2. The summed E-state index contributed by atoms with van der Waals surface area (Å²) in [7, 11) is 0. The summed E-state index contributed by atoms with van der Waals surface area (Å²) in [6.07, 6.45) is 2.22. The van der Waals surface area contributed by atoms with Gasteiger partial charge in [-0.2, -0.15) is 0 Å². The molecule has 0 aliphatic heterocycles. The van der Waals surface area contributed by atoms with Crippen LogP contribution in [-0.4, -0.2) is 40.2 Å². The van der Waals surface area contributed by atoms with E-state index in [4.69, 9.17) is 4.74 Å². The fourth-order valence-corrected chi connectivity index (χ4v) is 4.35. The molecule has 1 saturated carbocycles. The SMILES string of the molecule is CC(C)(C)OC(=O)C1CC(O)C(CNC(=O)c2cnc(Cc3ccc(F)cc3)s2)C1. The molecule has 6 nitrogen and oxygen atoms in total. The number of aliphatic hydroxyl groups excluding tert-OH is 1. The summed E-state index contributed by atoms with van der Waals surface area (Å²) in [6, 6.07) is 6.18. The highest BCUT2D eigenvalue weighted by Crippen LogP contribution is 2.33. The van der Waals surface area contributed by atoms with Gasteiger partial charge in [-0.1, -0.05) is 12.1 Å². The number of carbonyl (C=O) groups is 2. The van der Waals surface area contributed by atoms with Gasteiger partial charge in [0, 0.05) is 18.9 Å². The van der Waals surface area contributed by atoms with Crippen LogP contribution in [0.4, 0.5) is 4.39 Å². The normalized spacial score (nSPS) is 21.4. The number of amides is 1. The maximum atomic E-state index is 13.0. The minimum absolute atomic E-state index is 0.196. The van der Waals surface area contributed by atoms with Gasteiger partial charge >= 0.3 is 5.97 Å². The minimum Gasteiger partial charge on any atom is -0.460 e. The number of ether oxygens (including phenoxy) is 1. The van der Waals surface area contributed by atoms with E-state index in [1.165, 1.54) is 29.7 Å². The number of nitrogens with one attached hydrogen (secondary N) is 1. The second-order valence-corrected chi connectivity index (χ2v) is 9.78. The van der Waals surface area contributed by atoms with Gasteiger partial charge in [-0.15, -0.1) is 11.3 Å². The summed E-state index contributed by atoms with van der Waals surface area (Å²) >= 11 is 1.28. The molecule has 2 N–H and O–H groups in total. The molecule has 0 spiro atoms. The molecule has 2 aromatic rings. The van der Waals surface area contributed by atoms with Gasteiger partial charge in [0.2, 0.25) is 0 Å². The molecular formula is C22H27FN2O4S. The summed E-state index contributed by atoms with van der Waals surface area (Å²) in [5.41, 5.74) is 0.353. The first-order chi connectivity index (χ1) is 14.1. The van der Waals surface area contributed by atoms with E-state index in [2.05, 4.69) is 10.3 Å². The van der Waals surface area contributed by atoms with Crippen LogP contribution in [-0.2, 0) is 16.0 Å². The maximum absolute atomic E-state index is 13.0. The van der Waals surface area contributed by atoms with Crippen LogP contribution in [0.2, 0.25) is 0 Å². The van der Waals surface area contributed by atoms with E-state index < -0.39 is 11.7 Å². The van der Waals surface area contributed by atoms with Gasteiger partial charge in [0.1, 0.15) is 16.3 Å². The van der Waals surface area contributed by atoms with Crippen LogP contribution in [0.25, 0.3) is 0 Å². The second kappa shape index (κ2) is 9.22. The molecular weight excluding hydrogens is 407 g/mol. The van der Waals surface area contributed by atoms with E-state index in [9.17, 15) is 19.1 Å². The van der Waals surface area contributed by atoms with Crippen molar-refractivity contribution in [2.24, 2.45) is 11.8 Å². The van der Waals surface area contributed by atoms with E-state index in [0.717, 1.165) is 10.6 Å². The number of rotatable bonds is 6. The van der Waals surface area contributed by atoms with Gasteiger partial charge in [-0.3, -0.25) is 9.59 Å². The number of esters is 1. The first kappa shape index (κ1) is 22.4. The predicted octanol–water partition coefficient (Wildman–Crippen LogP) is 3.33. The quantitative estimate of drug-likeness (QED) is 0.681.